The number of hydrogen-bond acceptors (Lipinski definition) is 4. The van der Waals surface area contributed by atoms with Crippen molar-refractivity contribution in [2.24, 2.45) is 0 Å². The van der Waals surface area contributed by atoms with E-state index in [0.29, 0.717) is 52.9 Å². The summed E-state index contributed by atoms with van der Waals surface area (Å²) in [5, 5.41) is 6.45. The summed E-state index contributed by atoms with van der Waals surface area (Å²) >= 11 is 12.2. The van der Waals surface area contributed by atoms with Crippen molar-refractivity contribution in [2.45, 2.75) is 25.8 Å². The molecule has 0 saturated carbocycles. The largest absolute Gasteiger partial charge is 0.491 e. The van der Waals surface area contributed by atoms with Gasteiger partial charge in [0.1, 0.15) is 12.4 Å². The molecule has 0 aliphatic carbocycles. The highest BCUT2D eigenvalue weighted by molar-refractivity contribution is 6.33. The van der Waals surface area contributed by atoms with E-state index >= 15 is 0 Å². The molecule has 0 radical (unpaired) electrons. The van der Waals surface area contributed by atoms with Crippen molar-refractivity contribution in [2.75, 3.05) is 26.2 Å². The minimum atomic E-state index is -0.350. The molecule has 3 amide bonds. The predicted octanol–water partition coefficient (Wildman–Crippen LogP) is 3.54. The highest BCUT2D eigenvalue weighted by Gasteiger charge is 2.22. The molecule has 1 atom stereocenters. The molecular formula is C23H25Cl2N3O4. The van der Waals surface area contributed by atoms with Crippen LogP contribution in [0.2, 0.25) is 10.0 Å². The van der Waals surface area contributed by atoms with E-state index < -0.39 is 0 Å². The Balaban J connectivity index is 1.77. The van der Waals surface area contributed by atoms with Gasteiger partial charge in [0.15, 0.2) is 0 Å². The van der Waals surface area contributed by atoms with Crippen LogP contribution in [0.15, 0.2) is 42.5 Å². The molecule has 0 saturated heterocycles. The van der Waals surface area contributed by atoms with Gasteiger partial charge in [-0.15, -0.1) is 0 Å². The normalized spacial score (nSPS) is 18.3. The molecule has 0 aromatic heterocycles. The van der Waals surface area contributed by atoms with Crippen molar-refractivity contribution in [3.63, 3.8) is 0 Å². The number of ether oxygens (including phenoxy) is 1. The van der Waals surface area contributed by atoms with Crippen molar-refractivity contribution in [3.05, 3.63) is 63.6 Å². The van der Waals surface area contributed by atoms with E-state index in [4.69, 9.17) is 27.9 Å². The fourth-order valence-electron chi connectivity index (χ4n) is 3.34. The minimum Gasteiger partial charge on any atom is -0.491 e. The van der Waals surface area contributed by atoms with Crippen LogP contribution < -0.4 is 15.4 Å². The van der Waals surface area contributed by atoms with Crippen molar-refractivity contribution < 1.29 is 19.1 Å². The van der Waals surface area contributed by atoms with Crippen LogP contribution >= 0.6 is 23.2 Å². The Bertz CT molecular complexity index is 999. The molecule has 1 aliphatic heterocycles. The highest BCUT2D eigenvalue weighted by Crippen LogP contribution is 2.23. The lowest BCUT2D eigenvalue weighted by Gasteiger charge is -2.24. The molecular weight excluding hydrogens is 453 g/mol. The molecule has 1 heterocycles. The summed E-state index contributed by atoms with van der Waals surface area (Å²) in [6, 6.07) is 11.2. The summed E-state index contributed by atoms with van der Waals surface area (Å²) in [4.78, 5) is 39.8. The second kappa shape index (κ2) is 11.2. The lowest BCUT2D eigenvalue weighted by atomic mass is 10.1. The van der Waals surface area contributed by atoms with Crippen LogP contribution in [-0.2, 0) is 4.79 Å². The maximum Gasteiger partial charge on any atom is 0.255 e. The molecule has 0 bridgehead atoms. The van der Waals surface area contributed by atoms with Gasteiger partial charge in [-0.25, -0.2) is 0 Å². The minimum absolute atomic E-state index is 0.104. The summed E-state index contributed by atoms with van der Waals surface area (Å²) in [7, 11) is 0. The number of benzene rings is 2. The van der Waals surface area contributed by atoms with Gasteiger partial charge >= 0.3 is 0 Å². The van der Waals surface area contributed by atoms with Crippen molar-refractivity contribution >= 4 is 40.9 Å². The molecule has 2 N–H and O–H groups in total. The molecule has 0 unspecified atom stereocenters. The van der Waals surface area contributed by atoms with Gasteiger partial charge in [0, 0.05) is 18.1 Å². The van der Waals surface area contributed by atoms with Gasteiger partial charge in [-0.2, -0.15) is 0 Å². The van der Waals surface area contributed by atoms with Gasteiger partial charge in [-0.3, -0.25) is 14.4 Å². The van der Waals surface area contributed by atoms with Crippen LogP contribution in [-0.4, -0.2) is 54.9 Å². The van der Waals surface area contributed by atoms with E-state index in [1.807, 2.05) is 0 Å². The Labute approximate surface area is 197 Å². The van der Waals surface area contributed by atoms with Crippen LogP contribution in [0.1, 0.15) is 40.5 Å². The van der Waals surface area contributed by atoms with E-state index in [9.17, 15) is 14.4 Å². The highest BCUT2D eigenvalue weighted by atomic mass is 35.5. The summed E-state index contributed by atoms with van der Waals surface area (Å²) < 4.78 is 5.78. The number of rotatable bonds is 1. The predicted molar refractivity (Wildman–Crippen MR) is 123 cm³/mol. The van der Waals surface area contributed by atoms with Crippen LogP contribution in [0.3, 0.4) is 0 Å². The van der Waals surface area contributed by atoms with Crippen molar-refractivity contribution in [1.29, 1.82) is 0 Å². The van der Waals surface area contributed by atoms with E-state index in [0.717, 1.165) is 0 Å². The fourth-order valence-corrected chi connectivity index (χ4v) is 3.73. The van der Waals surface area contributed by atoms with E-state index in [1.54, 1.807) is 49.4 Å². The molecule has 9 heteroatoms. The summed E-state index contributed by atoms with van der Waals surface area (Å²) in [6.45, 7) is 2.58. The Hall–Kier alpha value is -2.77. The van der Waals surface area contributed by atoms with Gasteiger partial charge in [0.25, 0.3) is 11.8 Å². The molecule has 170 valence electrons. The Kier molecular flexibility index (Phi) is 8.36. The third kappa shape index (κ3) is 6.37. The van der Waals surface area contributed by atoms with E-state index in [2.05, 4.69) is 10.6 Å². The monoisotopic (exact) mass is 477 g/mol. The first kappa shape index (κ1) is 23.9. The van der Waals surface area contributed by atoms with Crippen molar-refractivity contribution in [3.8, 4) is 5.75 Å². The average Bonchev–Trinajstić information content (AvgIpc) is 2.76. The number of carbonyl (C=O) groups is 3. The lowest BCUT2D eigenvalue weighted by Crippen LogP contribution is -2.45. The number of fused-ring (bicyclic) bond motifs is 1. The van der Waals surface area contributed by atoms with E-state index in [-0.39, 0.29) is 36.9 Å². The van der Waals surface area contributed by atoms with Gasteiger partial charge in [-0.05, 0) is 50.1 Å². The number of amides is 3. The summed E-state index contributed by atoms with van der Waals surface area (Å²) in [5.74, 6) is -0.525. The zero-order valence-corrected chi connectivity index (χ0v) is 19.2. The Morgan fingerprint density at radius 2 is 1.91 bits per heavy atom. The SMILES string of the molecule is C[C@H]1COc2ccc(Cl)cc2C(=O)NCCCCN(C(=O)c2ccccc2Cl)CC(=O)N1. The zero-order chi connectivity index (χ0) is 23.1. The van der Waals surface area contributed by atoms with Crippen LogP contribution in [0.25, 0.3) is 0 Å². The maximum atomic E-state index is 13.0. The van der Waals surface area contributed by atoms with Gasteiger partial charge in [0.2, 0.25) is 5.91 Å². The van der Waals surface area contributed by atoms with Gasteiger partial charge < -0.3 is 20.3 Å². The first-order chi connectivity index (χ1) is 15.3. The first-order valence-corrected chi connectivity index (χ1v) is 11.1. The summed E-state index contributed by atoms with van der Waals surface area (Å²) in [5.41, 5.74) is 0.679. The van der Waals surface area contributed by atoms with Gasteiger partial charge in [0.05, 0.1) is 28.7 Å². The van der Waals surface area contributed by atoms with Crippen LogP contribution in [0, 0.1) is 0 Å². The number of nitrogens with one attached hydrogen (secondary N) is 2. The molecule has 3 rings (SSSR count). The molecule has 1 aliphatic rings. The first-order valence-electron chi connectivity index (χ1n) is 10.4. The van der Waals surface area contributed by atoms with Crippen LogP contribution in [0.4, 0.5) is 0 Å². The number of carbonyl (C=O) groups excluding carboxylic acids is 3. The number of halogens is 2. The maximum absolute atomic E-state index is 13.0. The topological polar surface area (TPSA) is 87.7 Å². The Morgan fingerprint density at radius 1 is 1.12 bits per heavy atom. The van der Waals surface area contributed by atoms with Crippen molar-refractivity contribution in [1.82, 2.24) is 15.5 Å². The number of hydrogen-bond donors (Lipinski definition) is 2. The smallest absolute Gasteiger partial charge is 0.255 e. The quantitative estimate of drug-likeness (QED) is 0.657. The van der Waals surface area contributed by atoms with E-state index in [1.165, 1.54) is 4.90 Å². The van der Waals surface area contributed by atoms with Crippen LogP contribution in [0.5, 0.6) is 5.75 Å². The third-order valence-corrected chi connectivity index (χ3v) is 5.51. The average molecular weight is 478 g/mol. The summed E-state index contributed by atoms with van der Waals surface area (Å²) in [6.07, 6.45) is 1.21. The Morgan fingerprint density at radius 3 is 2.69 bits per heavy atom. The molecule has 0 spiro atoms. The molecule has 7 nitrogen and oxygen atoms in total. The molecule has 2 aromatic rings. The molecule has 32 heavy (non-hydrogen) atoms. The second-order valence-corrected chi connectivity index (χ2v) is 8.43. The number of nitrogens with zero attached hydrogens (tertiary/aromatic N) is 1. The third-order valence-electron chi connectivity index (χ3n) is 4.95. The zero-order valence-electron chi connectivity index (χ0n) is 17.7. The molecule has 0 fully saturated rings. The second-order valence-electron chi connectivity index (χ2n) is 7.59. The fraction of sp³-hybridized carbons (Fsp3) is 0.348. The lowest BCUT2D eigenvalue weighted by molar-refractivity contribution is -0.122. The van der Waals surface area contributed by atoms with Gasteiger partial charge in [-0.1, -0.05) is 35.3 Å². The molecule has 2 aromatic carbocycles. The standard InChI is InChI=1S/C23H25Cl2N3O4/c1-15-14-32-20-9-8-16(24)12-18(20)22(30)26-10-4-5-11-28(13-21(29)27-15)23(31)17-6-2-3-7-19(17)25/h2-3,6-9,12,15H,4-5,10-11,13-14H2,1H3,(H,26,30)(H,27,29)/t15-/m0/s1.